The van der Waals surface area contributed by atoms with Crippen molar-refractivity contribution in [1.29, 1.82) is 0 Å². The molecule has 0 unspecified atom stereocenters. The van der Waals surface area contributed by atoms with Gasteiger partial charge in [-0.15, -0.1) is 11.3 Å². The lowest BCUT2D eigenvalue weighted by Crippen LogP contribution is -2.35. The highest BCUT2D eigenvalue weighted by Gasteiger charge is 2.21. The summed E-state index contributed by atoms with van der Waals surface area (Å²) in [7, 11) is 0. The molecule has 0 aliphatic heterocycles. The largest absolute Gasteiger partial charge is 0.449 e. The van der Waals surface area contributed by atoms with Crippen LogP contribution in [0.5, 0.6) is 0 Å². The van der Waals surface area contributed by atoms with E-state index < -0.39 is 12.1 Å². The minimum Gasteiger partial charge on any atom is -0.449 e. The van der Waals surface area contributed by atoms with Crippen LogP contribution in [0, 0.1) is 6.92 Å². The standard InChI is InChI=1S/C19H21NO3S/c1-4-20-18(21)14(3)23-19(22)16(17-9-6-10-24-17)12-15-8-5-7-13(2)11-15/h5-12,14H,4H2,1-3H3,(H,20,21)/b16-12+/t14-/m0/s1. The van der Waals surface area contributed by atoms with Gasteiger partial charge in [0.25, 0.3) is 5.91 Å². The van der Waals surface area contributed by atoms with Crippen molar-refractivity contribution >= 4 is 34.9 Å². The first-order valence-corrected chi connectivity index (χ1v) is 8.70. The Morgan fingerprint density at radius 1 is 1.29 bits per heavy atom. The second-order valence-corrected chi connectivity index (χ2v) is 6.34. The zero-order chi connectivity index (χ0) is 17.5. The van der Waals surface area contributed by atoms with Gasteiger partial charge >= 0.3 is 5.97 Å². The van der Waals surface area contributed by atoms with Crippen molar-refractivity contribution in [2.75, 3.05) is 6.54 Å². The summed E-state index contributed by atoms with van der Waals surface area (Å²) in [5, 5.41) is 4.55. The van der Waals surface area contributed by atoms with Crippen LogP contribution in [-0.2, 0) is 14.3 Å². The maximum absolute atomic E-state index is 12.6. The van der Waals surface area contributed by atoms with E-state index in [0.29, 0.717) is 12.1 Å². The van der Waals surface area contributed by atoms with E-state index in [-0.39, 0.29) is 5.91 Å². The van der Waals surface area contributed by atoms with Gasteiger partial charge in [-0.2, -0.15) is 0 Å². The van der Waals surface area contributed by atoms with Crippen molar-refractivity contribution < 1.29 is 14.3 Å². The third kappa shape index (κ3) is 4.80. The van der Waals surface area contributed by atoms with Crippen LogP contribution < -0.4 is 5.32 Å². The molecular weight excluding hydrogens is 322 g/mol. The van der Waals surface area contributed by atoms with Crippen LogP contribution in [0.2, 0.25) is 0 Å². The molecule has 2 aromatic rings. The van der Waals surface area contributed by atoms with Gasteiger partial charge in [-0.05, 0) is 43.9 Å². The van der Waals surface area contributed by atoms with Crippen LogP contribution in [0.25, 0.3) is 11.6 Å². The van der Waals surface area contributed by atoms with Crippen molar-refractivity contribution in [2.24, 2.45) is 0 Å². The van der Waals surface area contributed by atoms with E-state index in [2.05, 4.69) is 5.32 Å². The van der Waals surface area contributed by atoms with Crippen molar-refractivity contribution in [3.05, 3.63) is 57.8 Å². The van der Waals surface area contributed by atoms with Gasteiger partial charge in [0.2, 0.25) is 0 Å². The number of likely N-dealkylation sites (N-methyl/N-ethyl adjacent to an activating group) is 1. The number of amides is 1. The Bertz CT molecular complexity index is 735. The number of thiophene rings is 1. The number of rotatable bonds is 6. The quantitative estimate of drug-likeness (QED) is 0.643. The fraction of sp³-hybridized carbons (Fsp3) is 0.263. The number of ether oxygens (including phenoxy) is 1. The Labute approximate surface area is 146 Å². The van der Waals surface area contributed by atoms with Crippen LogP contribution in [0.3, 0.4) is 0 Å². The predicted octanol–water partition coefficient (Wildman–Crippen LogP) is 3.66. The molecule has 2 rings (SSSR count). The Morgan fingerprint density at radius 3 is 2.71 bits per heavy atom. The Morgan fingerprint density at radius 2 is 2.08 bits per heavy atom. The maximum Gasteiger partial charge on any atom is 0.340 e. The molecule has 1 atom stereocenters. The van der Waals surface area contributed by atoms with Crippen molar-refractivity contribution in [2.45, 2.75) is 26.9 Å². The zero-order valence-corrected chi connectivity index (χ0v) is 14.9. The summed E-state index contributed by atoms with van der Waals surface area (Å²) < 4.78 is 5.34. The fourth-order valence-corrected chi connectivity index (χ4v) is 2.91. The summed E-state index contributed by atoms with van der Waals surface area (Å²) in [5.41, 5.74) is 2.48. The van der Waals surface area contributed by atoms with Gasteiger partial charge in [-0.1, -0.05) is 35.9 Å². The predicted molar refractivity (Wildman–Crippen MR) is 97.6 cm³/mol. The molecule has 1 aromatic carbocycles. The lowest BCUT2D eigenvalue weighted by atomic mass is 10.1. The van der Waals surface area contributed by atoms with Crippen molar-refractivity contribution in [3.63, 3.8) is 0 Å². The molecule has 1 aromatic heterocycles. The minimum atomic E-state index is -0.835. The van der Waals surface area contributed by atoms with Crippen LogP contribution in [-0.4, -0.2) is 24.5 Å². The zero-order valence-electron chi connectivity index (χ0n) is 14.0. The van der Waals surface area contributed by atoms with E-state index in [9.17, 15) is 9.59 Å². The summed E-state index contributed by atoms with van der Waals surface area (Å²) >= 11 is 1.46. The number of carbonyl (C=O) groups excluding carboxylic acids is 2. The molecule has 4 nitrogen and oxygen atoms in total. The summed E-state index contributed by atoms with van der Waals surface area (Å²) in [5.74, 6) is -0.801. The third-order valence-electron chi connectivity index (χ3n) is 3.36. The smallest absolute Gasteiger partial charge is 0.340 e. The highest BCUT2D eigenvalue weighted by Crippen LogP contribution is 2.25. The van der Waals surface area contributed by atoms with Gasteiger partial charge in [0.1, 0.15) is 0 Å². The lowest BCUT2D eigenvalue weighted by Gasteiger charge is -2.14. The van der Waals surface area contributed by atoms with Gasteiger partial charge in [-0.3, -0.25) is 4.79 Å². The summed E-state index contributed by atoms with van der Waals surface area (Å²) in [6.07, 6.45) is 0.962. The molecule has 0 bridgehead atoms. The average molecular weight is 343 g/mol. The van der Waals surface area contributed by atoms with Gasteiger partial charge in [0.15, 0.2) is 6.10 Å². The minimum absolute atomic E-state index is 0.299. The lowest BCUT2D eigenvalue weighted by molar-refractivity contribution is -0.149. The molecule has 1 heterocycles. The molecule has 1 amide bonds. The summed E-state index contributed by atoms with van der Waals surface area (Å²) in [6, 6.07) is 11.6. The maximum atomic E-state index is 12.6. The fourth-order valence-electron chi connectivity index (χ4n) is 2.18. The molecule has 0 saturated heterocycles. The first kappa shape index (κ1) is 17.9. The molecular formula is C19H21NO3S. The SMILES string of the molecule is CCNC(=O)[C@H](C)OC(=O)/C(=C/c1cccc(C)c1)c1cccs1. The molecule has 0 fully saturated rings. The molecule has 0 aliphatic rings. The monoisotopic (exact) mass is 343 g/mol. The topological polar surface area (TPSA) is 55.4 Å². The molecule has 0 saturated carbocycles. The highest BCUT2D eigenvalue weighted by atomic mass is 32.1. The van der Waals surface area contributed by atoms with E-state index in [1.165, 1.54) is 11.3 Å². The van der Waals surface area contributed by atoms with Crippen LogP contribution in [0.4, 0.5) is 0 Å². The van der Waals surface area contributed by atoms with Crippen molar-refractivity contribution in [1.82, 2.24) is 5.32 Å². The molecule has 24 heavy (non-hydrogen) atoms. The molecule has 0 radical (unpaired) electrons. The van der Waals surface area contributed by atoms with E-state index in [4.69, 9.17) is 4.74 Å². The van der Waals surface area contributed by atoms with Gasteiger partial charge in [0, 0.05) is 11.4 Å². The highest BCUT2D eigenvalue weighted by molar-refractivity contribution is 7.11. The first-order valence-electron chi connectivity index (χ1n) is 7.82. The summed E-state index contributed by atoms with van der Waals surface area (Å²) in [6.45, 7) is 5.89. The van der Waals surface area contributed by atoms with Crippen LogP contribution in [0.15, 0.2) is 41.8 Å². The third-order valence-corrected chi connectivity index (χ3v) is 4.27. The second-order valence-electron chi connectivity index (χ2n) is 5.39. The van der Waals surface area contributed by atoms with E-state index in [1.807, 2.05) is 55.6 Å². The molecule has 1 N–H and O–H groups in total. The van der Waals surface area contributed by atoms with Crippen LogP contribution >= 0.6 is 11.3 Å². The normalized spacial score (nSPS) is 12.5. The van der Waals surface area contributed by atoms with Crippen molar-refractivity contribution in [3.8, 4) is 0 Å². The molecule has 0 aliphatic carbocycles. The molecule has 126 valence electrons. The molecule has 5 heteroatoms. The van der Waals surface area contributed by atoms with E-state index >= 15 is 0 Å². The number of hydrogen-bond acceptors (Lipinski definition) is 4. The van der Waals surface area contributed by atoms with E-state index in [1.54, 1.807) is 13.0 Å². The number of aryl methyl sites for hydroxylation is 1. The summed E-state index contributed by atoms with van der Waals surface area (Å²) in [4.78, 5) is 25.2. The number of esters is 1. The number of carbonyl (C=O) groups is 2. The second kappa shape index (κ2) is 8.45. The Balaban J connectivity index is 2.27. The number of hydrogen-bond donors (Lipinski definition) is 1. The van der Waals surface area contributed by atoms with Gasteiger partial charge in [0.05, 0.1) is 5.57 Å². The Hall–Kier alpha value is -2.40. The number of nitrogens with one attached hydrogen (secondary N) is 1. The molecule has 0 spiro atoms. The number of benzene rings is 1. The van der Waals surface area contributed by atoms with Gasteiger partial charge < -0.3 is 10.1 Å². The van der Waals surface area contributed by atoms with E-state index in [0.717, 1.165) is 16.0 Å². The Kier molecular flexibility index (Phi) is 6.32. The van der Waals surface area contributed by atoms with Crippen LogP contribution in [0.1, 0.15) is 29.9 Å². The van der Waals surface area contributed by atoms with Gasteiger partial charge in [-0.25, -0.2) is 4.79 Å². The average Bonchev–Trinajstić information content (AvgIpc) is 3.06. The first-order chi connectivity index (χ1) is 11.5.